The van der Waals surface area contributed by atoms with Gasteiger partial charge >= 0.3 is 0 Å². The van der Waals surface area contributed by atoms with Crippen molar-refractivity contribution in [1.29, 1.82) is 0 Å². The van der Waals surface area contributed by atoms with E-state index in [1.807, 2.05) is 6.07 Å². The summed E-state index contributed by atoms with van der Waals surface area (Å²) < 4.78 is 10.3. The highest BCUT2D eigenvalue weighted by Crippen LogP contribution is 2.29. The van der Waals surface area contributed by atoms with Gasteiger partial charge in [-0.05, 0) is 43.0 Å². The van der Waals surface area contributed by atoms with Gasteiger partial charge in [-0.15, -0.1) is 0 Å². The number of hydrogen-bond acceptors (Lipinski definition) is 3. The summed E-state index contributed by atoms with van der Waals surface area (Å²) in [6.07, 6.45) is 3.36. The lowest BCUT2D eigenvalue weighted by Crippen LogP contribution is -2.26. The van der Waals surface area contributed by atoms with Crippen LogP contribution in [-0.2, 0) is 11.2 Å². The summed E-state index contributed by atoms with van der Waals surface area (Å²) in [5.74, 6) is 0.941. The van der Waals surface area contributed by atoms with E-state index in [1.54, 1.807) is 14.2 Å². The Kier molecular flexibility index (Phi) is 3.67. The van der Waals surface area contributed by atoms with Gasteiger partial charge in [0.05, 0.1) is 7.11 Å². The lowest BCUT2D eigenvalue weighted by molar-refractivity contribution is 0.188. The molecule has 1 heterocycles. The van der Waals surface area contributed by atoms with Crippen molar-refractivity contribution < 1.29 is 9.47 Å². The SMILES string of the molecule is COCCC1CCc2cc(OC)ccc2N1. The maximum Gasteiger partial charge on any atom is 0.119 e. The molecular formula is C13H19NO2. The van der Waals surface area contributed by atoms with Gasteiger partial charge in [0.2, 0.25) is 0 Å². The predicted octanol–water partition coefficient (Wildman–Crippen LogP) is 2.46. The summed E-state index contributed by atoms with van der Waals surface area (Å²) >= 11 is 0. The molecule has 0 saturated carbocycles. The Morgan fingerprint density at radius 2 is 2.25 bits per heavy atom. The van der Waals surface area contributed by atoms with E-state index < -0.39 is 0 Å². The van der Waals surface area contributed by atoms with Gasteiger partial charge in [0.1, 0.15) is 5.75 Å². The van der Waals surface area contributed by atoms with Crippen LogP contribution < -0.4 is 10.1 Å². The molecule has 0 aliphatic carbocycles. The van der Waals surface area contributed by atoms with Crippen molar-refractivity contribution in [2.45, 2.75) is 25.3 Å². The van der Waals surface area contributed by atoms with Gasteiger partial charge in [0.15, 0.2) is 0 Å². The number of rotatable bonds is 4. The molecule has 3 heteroatoms. The summed E-state index contributed by atoms with van der Waals surface area (Å²) in [5.41, 5.74) is 2.60. The molecule has 3 nitrogen and oxygen atoms in total. The van der Waals surface area contributed by atoms with Crippen LogP contribution >= 0.6 is 0 Å². The highest BCUT2D eigenvalue weighted by Gasteiger charge is 2.17. The van der Waals surface area contributed by atoms with Crippen LogP contribution in [0.1, 0.15) is 18.4 Å². The molecule has 0 aromatic heterocycles. The molecule has 2 rings (SSSR count). The average Bonchev–Trinajstić information content (AvgIpc) is 2.35. The van der Waals surface area contributed by atoms with Crippen LogP contribution in [0.2, 0.25) is 0 Å². The van der Waals surface area contributed by atoms with E-state index in [0.29, 0.717) is 6.04 Å². The molecule has 16 heavy (non-hydrogen) atoms. The molecule has 0 fully saturated rings. The normalized spacial score (nSPS) is 18.8. The fraction of sp³-hybridized carbons (Fsp3) is 0.538. The van der Waals surface area contributed by atoms with Crippen molar-refractivity contribution in [2.24, 2.45) is 0 Å². The number of methoxy groups -OCH3 is 2. The zero-order valence-corrected chi connectivity index (χ0v) is 9.95. The molecule has 1 aromatic rings. The third kappa shape index (κ3) is 2.47. The summed E-state index contributed by atoms with van der Waals surface area (Å²) in [6, 6.07) is 6.77. The molecule has 0 spiro atoms. The predicted molar refractivity (Wildman–Crippen MR) is 65.2 cm³/mol. The molecule has 0 saturated heterocycles. The Morgan fingerprint density at radius 1 is 1.38 bits per heavy atom. The maximum atomic E-state index is 5.22. The van der Waals surface area contributed by atoms with E-state index in [4.69, 9.17) is 9.47 Å². The third-order valence-corrected chi connectivity index (χ3v) is 3.10. The van der Waals surface area contributed by atoms with E-state index in [0.717, 1.165) is 25.2 Å². The molecule has 88 valence electrons. The largest absolute Gasteiger partial charge is 0.497 e. The number of fused-ring (bicyclic) bond motifs is 1. The van der Waals surface area contributed by atoms with Crippen LogP contribution in [0.15, 0.2) is 18.2 Å². The molecule has 1 aromatic carbocycles. The molecule has 1 unspecified atom stereocenters. The van der Waals surface area contributed by atoms with E-state index in [9.17, 15) is 0 Å². The van der Waals surface area contributed by atoms with Crippen molar-refractivity contribution in [2.75, 3.05) is 26.1 Å². The molecular weight excluding hydrogens is 202 g/mol. The van der Waals surface area contributed by atoms with Crippen LogP contribution in [0.5, 0.6) is 5.75 Å². The molecule has 1 aliphatic heterocycles. The monoisotopic (exact) mass is 221 g/mol. The van der Waals surface area contributed by atoms with Gasteiger partial charge in [-0.3, -0.25) is 0 Å². The van der Waals surface area contributed by atoms with Crippen molar-refractivity contribution in [3.05, 3.63) is 23.8 Å². The number of aryl methyl sites for hydroxylation is 1. The molecule has 0 radical (unpaired) electrons. The fourth-order valence-electron chi connectivity index (χ4n) is 2.14. The number of anilines is 1. The number of benzene rings is 1. The standard InChI is InChI=1S/C13H19NO2/c1-15-8-7-11-4-3-10-9-12(16-2)5-6-13(10)14-11/h5-6,9,11,14H,3-4,7-8H2,1-2H3. The van der Waals surface area contributed by atoms with Crippen LogP contribution in [0, 0.1) is 0 Å². The van der Waals surface area contributed by atoms with Crippen molar-refractivity contribution in [3.8, 4) is 5.75 Å². The highest BCUT2D eigenvalue weighted by atomic mass is 16.5. The van der Waals surface area contributed by atoms with Gasteiger partial charge < -0.3 is 14.8 Å². The van der Waals surface area contributed by atoms with Gasteiger partial charge in [-0.25, -0.2) is 0 Å². The van der Waals surface area contributed by atoms with Crippen LogP contribution in [0.4, 0.5) is 5.69 Å². The number of ether oxygens (including phenoxy) is 2. The van der Waals surface area contributed by atoms with Gasteiger partial charge in [0.25, 0.3) is 0 Å². The molecule has 1 aliphatic rings. The van der Waals surface area contributed by atoms with E-state index in [1.165, 1.54) is 17.7 Å². The molecule has 1 atom stereocenters. The fourth-order valence-corrected chi connectivity index (χ4v) is 2.14. The lowest BCUT2D eigenvalue weighted by Gasteiger charge is -2.27. The molecule has 0 amide bonds. The summed E-state index contributed by atoms with van der Waals surface area (Å²) in [5, 5.41) is 3.55. The molecule has 0 bridgehead atoms. The zero-order valence-electron chi connectivity index (χ0n) is 9.95. The van der Waals surface area contributed by atoms with Gasteiger partial charge in [0, 0.05) is 25.4 Å². The first-order valence-corrected chi connectivity index (χ1v) is 5.76. The Balaban J connectivity index is 2.04. The molecule has 1 N–H and O–H groups in total. The number of nitrogens with one attached hydrogen (secondary N) is 1. The third-order valence-electron chi connectivity index (χ3n) is 3.10. The van der Waals surface area contributed by atoms with E-state index in [-0.39, 0.29) is 0 Å². The zero-order chi connectivity index (χ0) is 11.4. The topological polar surface area (TPSA) is 30.5 Å². The van der Waals surface area contributed by atoms with E-state index in [2.05, 4.69) is 17.4 Å². The Labute approximate surface area is 96.8 Å². The summed E-state index contributed by atoms with van der Waals surface area (Å²) in [7, 11) is 3.46. The van der Waals surface area contributed by atoms with Gasteiger partial charge in [-0.1, -0.05) is 0 Å². The Morgan fingerprint density at radius 3 is 3.00 bits per heavy atom. The smallest absolute Gasteiger partial charge is 0.119 e. The van der Waals surface area contributed by atoms with Crippen molar-refractivity contribution in [3.63, 3.8) is 0 Å². The first kappa shape index (κ1) is 11.3. The Bertz CT molecular complexity index is 352. The summed E-state index contributed by atoms with van der Waals surface area (Å²) in [6.45, 7) is 0.823. The average molecular weight is 221 g/mol. The minimum absolute atomic E-state index is 0.542. The minimum atomic E-state index is 0.542. The summed E-state index contributed by atoms with van der Waals surface area (Å²) in [4.78, 5) is 0. The first-order valence-electron chi connectivity index (χ1n) is 5.76. The Hall–Kier alpha value is -1.22. The quantitative estimate of drug-likeness (QED) is 0.847. The first-order chi connectivity index (χ1) is 7.83. The van der Waals surface area contributed by atoms with Crippen molar-refractivity contribution in [1.82, 2.24) is 0 Å². The number of hydrogen-bond donors (Lipinski definition) is 1. The second-order valence-corrected chi connectivity index (χ2v) is 4.18. The van der Waals surface area contributed by atoms with Crippen LogP contribution in [0.3, 0.4) is 0 Å². The van der Waals surface area contributed by atoms with Crippen LogP contribution in [-0.4, -0.2) is 26.9 Å². The lowest BCUT2D eigenvalue weighted by atomic mass is 9.96. The second-order valence-electron chi connectivity index (χ2n) is 4.18. The van der Waals surface area contributed by atoms with Crippen LogP contribution in [0.25, 0.3) is 0 Å². The van der Waals surface area contributed by atoms with Gasteiger partial charge in [-0.2, -0.15) is 0 Å². The van der Waals surface area contributed by atoms with Crippen molar-refractivity contribution >= 4 is 5.69 Å². The van der Waals surface area contributed by atoms with E-state index >= 15 is 0 Å². The maximum absolute atomic E-state index is 5.22. The highest BCUT2D eigenvalue weighted by molar-refractivity contribution is 5.56. The second kappa shape index (κ2) is 5.21. The minimum Gasteiger partial charge on any atom is -0.497 e.